The van der Waals surface area contributed by atoms with E-state index in [0.717, 1.165) is 29.9 Å². The van der Waals surface area contributed by atoms with Crippen molar-refractivity contribution in [3.8, 4) is 0 Å². The van der Waals surface area contributed by atoms with Gasteiger partial charge in [-0.25, -0.2) is 14.8 Å². The van der Waals surface area contributed by atoms with Gasteiger partial charge in [-0.15, -0.1) is 11.3 Å². The average Bonchev–Trinajstić information content (AvgIpc) is 3.48. The number of benzene rings is 2. The minimum Gasteiger partial charge on any atom is -0.456 e. The number of hydrogen-bond donors (Lipinski definition) is 1. The van der Waals surface area contributed by atoms with Crippen LogP contribution in [-0.4, -0.2) is 26.4 Å². The maximum atomic E-state index is 12.6. The maximum absolute atomic E-state index is 12.6. The number of hydrogen-bond acceptors (Lipinski definition) is 7. The molecule has 0 spiro atoms. The SMILES string of the molecule is Cc1ccc(NC(=O)Cc2nc(COC(=O)c3ccc4c(=O)n5c(nc4c3)CCC5)cs2)cc1. The molecule has 4 aromatic rings. The van der Waals surface area contributed by atoms with Gasteiger partial charge in [0.2, 0.25) is 5.91 Å². The number of fused-ring (bicyclic) bond motifs is 2. The van der Waals surface area contributed by atoms with Crippen LogP contribution in [0.4, 0.5) is 5.69 Å². The summed E-state index contributed by atoms with van der Waals surface area (Å²) in [6.45, 7) is 2.66. The molecule has 1 amide bonds. The van der Waals surface area contributed by atoms with E-state index in [4.69, 9.17) is 4.74 Å². The molecule has 0 aliphatic carbocycles. The van der Waals surface area contributed by atoms with Gasteiger partial charge in [0.25, 0.3) is 5.56 Å². The Morgan fingerprint density at radius 3 is 2.79 bits per heavy atom. The third kappa shape index (κ3) is 4.60. The predicted octanol–water partition coefficient (Wildman–Crippen LogP) is 3.65. The van der Waals surface area contributed by atoms with E-state index in [1.54, 1.807) is 28.1 Å². The lowest BCUT2D eigenvalue weighted by Gasteiger charge is -2.07. The van der Waals surface area contributed by atoms with E-state index < -0.39 is 5.97 Å². The van der Waals surface area contributed by atoms with Crippen molar-refractivity contribution in [3.63, 3.8) is 0 Å². The Bertz CT molecular complexity index is 1460. The molecule has 5 rings (SSSR count). The molecule has 0 saturated heterocycles. The van der Waals surface area contributed by atoms with Gasteiger partial charge >= 0.3 is 5.97 Å². The smallest absolute Gasteiger partial charge is 0.338 e. The fourth-order valence-electron chi connectivity index (χ4n) is 3.91. The topological polar surface area (TPSA) is 103 Å². The number of carbonyl (C=O) groups excluding carboxylic acids is 2. The van der Waals surface area contributed by atoms with Crippen LogP contribution in [0.25, 0.3) is 10.9 Å². The summed E-state index contributed by atoms with van der Waals surface area (Å²) >= 11 is 1.34. The Hall–Kier alpha value is -3.85. The number of ether oxygens (including phenoxy) is 1. The molecule has 0 fully saturated rings. The Morgan fingerprint density at radius 1 is 1.15 bits per heavy atom. The fourth-order valence-corrected chi connectivity index (χ4v) is 4.69. The Balaban J connectivity index is 1.20. The molecule has 172 valence electrons. The molecule has 0 saturated carbocycles. The Kier molecular flexibility index (Phi) is 5.93. The number of anilines is 1. The summed E-state index contributed by atoms with van der Waals surface area (Å²) in [4.78, 5) is 46.4. The van der Waals surface area contributed by atoms with E-state index in [-0.39, 0.29) is 24.5 Å². The van der Waals surface area contributed by atoms with E-state index in [1.165, 1.54) is 11.3 Å². The van der Waals surface area contributed by atoms with Crippen molar-refractivity contribution in [2.24, 2.45) is 0 Å². The summed E-state index contributed by atoms with van der Waals surface area (Å²) in [5.41, 5.74) is 3.19. The van der Waals surface area contributed by atoms with Gasteiger partial charge in [-0.05, 0) is 43.7 Å². The molecule has 1 aliphatic heterocycles. The third-order valence-corrected chi connectivity index (χ3v) is 6.55. The molecule has 34 heavy (non-hydrogen) atoms. The quantitative estimate of drug-likeness (QED) is 0.428. The van der Waals surface area contributed by atoms with Crippen molar-refractivity contribution < 1.29 is 14.3 Å². The van der Waals surface area contributed by atoms with Crippen LogP contribution in [0, 0.1) is 6.92 Å². The number of nitrogens with zero attached hydrogens (tertiary/aromatic N) is 3. The molecule has 0 bridgehead atoms. The largest absolute Gasteiger partial charge is 0.456 e. The zero-order valence-electron chi connectivity index (χ0n) is 18.5. The molecule has 1 N–H and O–H groups in total. The first-order chi connectivity index (χ1) is 16.5. The van der Waals surface area contributed by atoms with Gasteiger partial charge in [0.1, 0.15) is 17.4 Å². The lowest BCUT2D eigenvalue weighted by molar-refractivity contribution is -0.115. The van der Waals surface area contributed by atoms with Crippen molar-refractivity contribution in [1.29, 1.82) is 0 Å². The summed E-state index contributed by atoms with van der Waals surface area (Å²) in [5.74, 6) is 0.0770. The number of amides is 1. The maximum Gasteiger partial charge on any atom is 0.338 e. The standard InChI is InChI=1S/C25H22N4O4S/c1-15-4-7-17(8-5-15)26-22(30)12-23-27-18(14-34-23)13-33-25(32)16-6-9-19-20(11-16)28-21-3-2-10-29(21)24(19)31/h4-9,11,14H,2-3,10,12-13H2,1H3,(H,26,30). The van der Waals surface area contributed by atoms with E-state index in [9.17, 15) is 14.4 Å². The van der Waals surface area contributed by atoms with Crippen LogP contribution in [0.15, 0.2) is 52.6 Å². The highest BCUT2D eigenvalue weighted by atomic mass is 32.1. The molecule has 2 aromatic heterocycles. The van der Waals surface area contributed by atoms with Crippen LogP contribution in [0.2, 0.25) is 0 Å². The fraction of sp³-hybridized carbons (Fsp3) is 0.240. The first-order valence-corrected chi connectivity index (χ1v) is 11.8. The average molecular weight is 475 g/mol. The molecule has 0 atom stereocenters. The van der Waals surface area contributed by atoms with Gasteiger partial charge in [0.15, 0.2) is 0 Å². The molecule has 2 aromatic carbocycles. The Labute approximate surface area is 199 Å². The number of thiazole rings is 1. The van der Waals surface area contributed by atoms with Gasteiger partial charge < -0.3 is 10.1 Å². The van der Waals surface area contributed by atoms with Gasteiger partial charge in [0, 0.05) is 24.0 Å². The van der Waals surface area contributed by atoms with E-state index in [2.05, 4.69) is 15.3 Å². The Morgan fingerprint density at radius 2 is 1.97 bits per heavy atom. The third-order valence-electron chi connectivity index (χ3n) is 5.65. The zero-order valence-corrected chi connectivity index (χ0v) is 19.4. The van der Waals surface area contributed by atoms with Gasteiger partial charge in [-0.1, -0.05) is 17.7 Å². The van der Waals surface area contributed by atoms with Gasteiger partial charge in [-0.3, -0.25) is 14.2 Å². The molecule has 0 radical (unpaired) electrons. The lowest BCUT2D eigenvalue weighted by Crippen LogP contribution is -2.21. The van der Waals surface area contributed by atoms with Gasteiger partial charge in [-0.2, -0.15) is 0 Å². The number of aromatic nitrogens is 3. The number of rotatable bonds is 6. The highest BCUT2D eigenvalue weighted by Gasteiger charge is 2.18. The van der Waals surface area contributed by atoms with Crippen LogP contribution in [0.1, 0.15) is 38.9 Å². The van der Waals surface area contributed by atoms with Crippen LogP contribution in [0.5, 0.6) is 0 Å². The summed E-state index contributed by atoms with van der Waals surface area (Å²) in [6, 6.07) is 12.4. The molecule has 8 nitrogen and oxygen atoms in total. The van der Waals surface area contributed by atoms with Crippen LogP contribution < -0.4 is 10.9 Å². The van der Waals surface area contributed by atoms with E-state index >= 15 is 0 Å². The summed E-state index contributed by atoms with van der Waals surface area (Å²) in [7, 11) is 0. The van der Waals surface area contributed by atoms with Gasteiger partial charge in [0.05, 0.1) is 28.6 Å². The number of carbonyl (C=O) groups is 2. The molecular formula is C25H22N4O4S. The minimum absolute atomic E-state index is 0.00672. The van der Waals surface area contributed by atoms with Crippen molar-refractivity contribution >= 4 is 39.8 Å². The van der Waals surface area contributed by atoms with Crippen LogP contribution >= 0.6 is 11.3 Å². The first kappa shape index (κ1) is 22.0. The zero-order chi connectivity index (χ0) is 23.7. The monoisotopic (exact) mass is 474 g/mol. The number of esters is 1. The molecule has 3 heterocycles. The molecule has 1 aliphatic rings. The lowest BCUT2D eigenvalue weighted by atomic mass is 10.1. The number of aryl methyl sites for hydroxylation is 2. The van der Waals surface area contributed by atoms with Crippen molar-refractivity contribution in [2.45, 2.75) is 39.3 Å². The summed E-state index contributed by atoms with van der Waals surface area (Å²) in [5, 5.41) is 5.75. The number of nitrogens with one attached hydrogen (secondary N) is 1. The summed E-state index contributed by atoms with van der Waals surface area (Å²) in [6.07, 6.45) is 1.80. The molecule has 0 unspecified atom stereocenters. The van der Waals surface area contributed by atoms with Crippen molar-refractivity contribution in [3.05, 3.63) is 85.9 Å². The predicted molar refractivity (Wildman–Crippen MR) is 129 cm³/mol. The highest BCUT2D eigenvalue weighted by Crippen LogP contribution is 2.18. The first-order valence-electron chi connectivity index (χ1n) is 11.0. The second kappa shape index (κ2) is 9.18. The van der Waals surface area contributed by atoms with Crippen molar-refractivity contribution in [1.82, 2.24) is 14.5 Å². The van der Waals surface area contributed by atoms with E-state index in [0.29, 0.717) is 33.7 Å². The van der Waals surface area contributed by atoms with Crippen LogP contribution in [-0.2, 0) is 35.5 Å². The molecular weight excluding hydrogens is 452 g/mol. The van der Waals surface area contributed by atoms with Crippen LogP contribution in [0.3, 0.4) is 0 Å². The second-order valence-electron chi connectivity index (χ2n) is 8.22. The van der Waals surface area contributed by atoms with Crippen molar-refractivity contribution in [2.75, 3.05) is 5.32 Å². The molecule has 9 heteroatoms. The summed E-state index contributed by atoms with van der Waals surface area (Å²) < 4.78 is 7.10. The minimum atomic E-state index is -0.518. The normalized spacial score (nSPS) is 12.5. The second-order valence-corrected chi connectivity index (χ2v) is 9.16. The van der Waals surface area contributed by atoms with E-state index in [1.807, 2.05) is 31.2 Å². The highest BCUT2D eigenvalue weighted by molar-refractivity contribution is 7.09.